The summed E-state index contributed by atoms with van der Waals surface area (Å²) >= 11 is 9.44. The van der Waals surface area contributed by atoms with E-state index in [2.05, 4.69) is 21.2 Å². The van der Waals surface area contributed by atoms with Crippen molar-refractivity contribution < 1.29 is 4.79 Å². The van der Waals surface area contributed by atoms with Gasteiger partial charge in [0.05, 0.1) is 5.56 Å². The third-order valence-electron chi connectivity index (χ3n) is 2.89. The minimum Gasteiger partial charge on any atom is -0.322 e. The van der Waals surface area contributed by atoms with Crippen LogP contribution in [-0.2, 0) is 0 Å². The number of nitrogens with one attached hydrogen (secondary N) is 1. The summed E-state index contributed by atoms with van der Waals surface area (Å²) in [5, 5.41) is 3.51. The molecule has 0 aliphatic rings. The Hall–Kier alpha value is -1.32. The van der Waals surface area contributed by atoms with Gasteiger partial charge in [0.1, 0.15) is 0 Å². The van der Waals surface area contributed by atoms with E-state index < -0.39 is 0 Å². The molecule has 0 bridgehead atoms. The molecule has 98 valence electrons. The molecule has 0 aliphatic heterocycles. The topological polar surface area (TPSA) is 29.1 Å². The molecule has 1 amide bonds. The summed E-state index contributed by atoms with van der Waals surface area (Å²) < 4.78 is 0.782. The van der Waals surface area contributed by atoms with E-state index in [0.29, 0.717) is 10.6 Å². The highest BCUT2D eigenvalue weighted by Gasteiger charge is 2.12. The van der Waals surface area contributed by atoms with Gasteiger partial charge in [0, 0.05) is 15.2 Å². The smallest absolute Gasteiger partial charge is 0.256 e. The van der Waals surface area contributed by atoms with Gasteiger partial charge in [0.25, 0.3) is 5.91 Å². The maximum Gasteiger partial charge on any atom is 0.256 e. The number of rotatable bonds is 2. The molecule has 2 nitrogen and oxygen atoms in total. The predicted molar refractivity (Wildman–Crippen MR) is 83.0 cm³/mol. The first-order valence-electron chi connectivity index (χ1n) is 5.81. The van der Waals surface area contributed by atoms with E-state index in [-0.39, 0.29) is 5.91 Å². The van der Waals surface area contributed by atoms with Gasteiger partial charge < -0.3 is 5.32 Å². The predicted octanol–water partition coefficient (Wildman–Crippen LogP) is 4.97. The molecule has 0 saturated heterocycles. The summed E-state index contributed by atoms with van der Waals surface area (Å²) in [6, 6.07) is 11.1. The molecule has 2 aromatic rings. The Bertz CT molecular complexity index is 640. The molecule has 4 heteroatoms. The quantitative estimate of drug-likeness (QED) is 0.823. The van der Waals surface area contributed by atoms with Gasteiger partial charge in [0.15, 0.2) is 0 Å². The van der Waals surface area contributed by atoms with Crippen LogP contribution in [0.5, 0.6) is 0 Å². The van der Waals surface area contributed by atoms with E-state index >= 15 is 0 Å². The Morgan fingerprint density at radius 3 is 2.63 bits per heavy atom. The number of carbonyl (C=O) groups is 1. The summed E-state index contributed by atoms with van der Waals surface area (Å²) in [6.07, 6.45) is 0. The van der Waals surface area contributed by atoms with Gasteiger partial charge in [0.2, 0.25) is 0 Å². The molecule has 19 heavy (non-hydrogen) atoms. The monoisotopic (exact) mass is 337 g/mol. The highest BCUT2D eigenvalue weighted by Crippen LogP contribution is 2.25. The highest BCUT2D eigenvalue weighted by atomic mass is 79.9. The van der Waals surface area contributed by atoms with Crippen LogP contribution in [0.2, 0.25) is 5.02 Å². The van der Waals surface area contributed by atoms with Crippen molar-refractivity contribution in [1.82, 2.24) is 0 Å². The summed E-state index contributed by atoms with van der Waals surface area (Å²) in [4.78, 5) is 12.2. The molecule has 0 unspecified atom stereocenters. The Labute approximate surface area is 125 Å². The number of aryl methyl sites for hydroxylation is 1. The van der Waals surface area contributed by atoms with Gasteiger partial charge in [-0.25, -0.2) is 0 Å². The summed E-state index contributed by atoms with van der Waals surface area (Å²) in [6.45, 7) is 3.86. The third kappa shape index (κ3) is 3.17. The van der Waals surface area contributed by atoms with Crippen molar-refractivity contribution in [1.29, 1.82) is 0 Å². The Morgan fingerprint density at radius 1 is 1.21 bits per heavy atom. The number of hydrogen-bond acceptors (Lipinski definition) is 1. The van der Waals surface area contributed by atoms with Crippen molar-refractivity contribution in [3.8, 4) is 0 Å². The Balaban J connectivity index is 2.28. The Morgan fingerprint density at radius 2 is 1.95 bits per heavy atom. The van der Waals surface area contributed by atoms with Crippen LogP contribution in [0.4, 0.5) is 5.69 Å². The summed E-state index contributed by atoms with van der Waals surface area (Å²) in [5.41, 5.74) is 3.29. The minimum absolute atomic E-state index is 0.155. The van der Waals surface area contributed by atoms with Gasteiger partial charge in [-0.05, 0) is 65.2 Å². The largest absolute Gasteiger partial charge is 0.322 e. The van der Waals surface area contributed by atoms with Crippen LogP contribution >= 0.6 is 27.5 Å². The second-order valence-corrected chi connectivity index (χ2v) is 5.61. The summed E-state index contributed by atoms with van der Waals surface area (Å²) in [5.74, 6) is -0.155. The average molecular weight is 339 g/mol. The summed E-state index contributed by atoms with van der Waals surface area (Å²) in [7, 11) is 0. The van der Waals surface area contributed by atoms with E-state index in [4.69, 9.17) is 11.6 Å². The average Bonchev–Trinajstić information content (AvgIpc) is 2.34. The molecular weight excluding hydrogens is 326 g/mol. The SMILES string of the molecule is Cc1ccc(C(=O)Nc2cccc(Cl)c2C)c(Br)c1. The van der Waals surface area contributed by atoms with Crippen LogP contribution in [0.25, 0.3) is 0 Å². The van der Waals surface area contributed by atoms with E-state index in [9.17, 15) is 4.79 Å². The molecular formula is C15H13BrClNO. The zero-order valence-electron chi connectivity index (χ0n) is 10.6. The number of carbonyl (C=O) groups excluding carboxylic acids is 1. The molecule has 2 rings (SSSR count). The normalized spacial score (nSPS) is 10.3. The van der Waals surface area contributed by atoms with E-state index in [1.54, 1.807) is 12.1 Å². The fourth-order valence-electron chi connectivity index (χ4n) is 1.74. The number of benzene rings is 2. The first kappa shape index (κ1) is 14.1. The lowest BCUT2D eigenvalue weighted by Crippen LogP contribution is -2.13. The van der Waals surface area contributed by atoms with Crippen LogP contribution in [0.15, 0.2) is 40.9 Å². The van der Waals surface area contributed by atoms with Gasteiger partial charge in [-0.3, -0.25) is 4.79 Å². The molecule has 0 aromatic heterocycles. The lowest BCUT2D eigenvalue weighted by atomic mass is 10.1. The van der Waals surface area contributed by atoms with Crippen LogP contribution < -0.4 is 5.32 Å². The zero-order valence-corrected chi connectivity index (χ0v) is 13.0. The van der Waals surface area contributed by atoms with Gasteiger partial charge in [-0.1, -0.05) is 23.7 Å². The van der Waals surface area contributed by atoms with Crippen LogP contribution in [0.1, 0.15) is 21.5 Å². The number of amides is 1. The van der Waals surface area contributed by atoms with Crippen molar-refractivity contribution >= 4 is 39.1 Å². The second kappa shape index (κ2) is 5.76. The first-order chi connectivity index (χ1) is 8.99. The fourth-order valence-corrected chi connectivity index (χ4v) is 2.58. The van der Waals surface area contributed by atoms with Crippen LogP contribution in [0.3, 0.4) is 0 Å². The van der Waals surface area contributed by atoms with Crippen molar-refractivity contribution in [2.75, 3.05) is 5.32 Å². The standard InChI is InChI=1S/C15H13BrClNO/c1-9-6-7-11(12(16)8-9)15(19)18-14-5-3-4-13(17)10(14)2/h3-8H,1-2H3,(H,18,19). The maximum absolute atomic E-state index is 12.2. The van der Waals surface area contributed by atoms with Gasteiger partial charge >= 0.3 is 0 Å². The first-order valence-corrected chi connectivity index (χ1v) is 6.99. The van der Waals surface area contributed by atoms with Crippen LogP contribution in [0, 0.1) is 13.8 Å². The molecule has 1 N–H and O–H groups in total. The van der Waals surface area contributed by atoms with E-state index in [0.717, 1.165) is 21.3 Å². The fraction of sp³-hybridized carbons (Fsp3) is 0.133. The molecule has 2 aromatic carbocycles. The van der Waals surface area contributed by atoms with Crippen molar-refractivity contribution in [2.45, 2.75) is 13.8 Å². The number of halogens is 2. The Kier molecular flexibility index (Phi) is 4.27. The molecule has 0 heterocycles. The van der Waals surface area contributed by atoms with E-state index in [1.807, 2.05) is 38.1 Å². The lowest BCUT2D eigenvalue weighted by Gasteiger charge is -2.10. The zero-order chi connectivity index (χ0) is 14.0. The third-order valence-corrected chi connectivity index (χ3v) is 3.95. The molecule has 0 spiro atoms. The van der Waals surface area contributed by atoms with E-state index in [1.165, 1.54) is 0 Å². The number of anilines is 1. The number of hydrogen-bond donors (Lipinski definition) is 1. The van der Waals surface area contributed by atoms with Crippen molar-refractivity contribution in [3.05, 3.63) is 62.6 Å². The lowest BCUT2D eigenvalue weighted by molar-refractivity contribution is 0.102. The molecule has 0 fully saturated rings. The molecule has 0 atom stereocenters. The molecule has 0 aliphatic carbocycles. The van der Waals surface area contributed by atoms with Gasteiger partial charge in [-0.15, -0.1) is 0 Å². The second-order valence-electron chi connectivity index (χ2n) is 4.35. The minimum atomic E-state index is -0.155. The highest BCUT2D eigenvalue weighted by molar-refractivity contribution is 9.10. The molecule has 0 radical (unpaired) electrons. The maximum atomic E-state index is 12.2. The van der Waals surface area contributed by atoms with Crippen molar-refractivity contribution in [2.24, 2.45) is 0 Å². The van der Waals surface area contributed by atoms with Crippen molar-refractivity contribution in [3.63, 3.8) is 0 Å². The molecule has 0 saturated carbocycles. The van der Waals surface area contributed by atoms with Gasteiger partial charge in [-0.2, -0.15) is 0 Å². The van der Waals surface area contributed by atoms with Crippen LogP contribution in [-0.4, -0.2) is 5.91 Å².